The average Bonchev–Trinajstić information content (AvgIpc) is 3.07. The maximum Gasteiger partial charge on any atom is 0.227 e. The Hall–Kier alpha value is -0.650. The molecule has 5 heteroatoms. The molecule has 3 aliphatic rings. The molecular formula is C16H29N3O2. The van der Waals surface area contributed by atoms with Crippen LogP contribution in [0, 0.1) is 11.8 Å². The molecule has 21 heavy (non-hydrogen) atoms. The lowest BCUT2D eigenvalue weighted by Gasteiger charge is -2.26. The van der Waals surface area contributed by atoms with Gasteiger partial charge in [-0.1, -0.05) is 6.92 Å². The van der Waals surface area contributed by atoms with Gasteiger partial charge in [-0.05, 0) is 38.3 Å². The van der Waals surface area contributed by atoms with Gasteiger partial charge >= 0.3 is 0 Å². The second kappa shape index (κ2) is 7.07. The molecule has 3 heterocycles. The van der Waals surface area contributed by atoms with Crippen LogP contribution in [-0.4, -0.2) is 74.2 Å². The van der Waals surface area contributed by atoms with E-state index in [9.17, 15) is 4.79 Å². The number of hydrogen-bond donors (Lipinski definition) is 1. The minimum atomic E-state index is 0.190. The van der Waals surface area contributed by atoms with Crippen LogP contribution in [0.4, 0.5) is 0 Å². The van der Waals surface area contributed by atoms with Crippen LogP contribution in [0.2, 0.25) is 0 Å². The van der Waals surface area contributed by atoms with Gasteiger partial charge in [0.05, 0.1) is 12.0 Å². The van der Waals surface area contributed by atoms with Crippen LogP contribution >= 0.6 is 0 Å². The summed E-state index contributed by atoms with van der Waals surface area (Å²) in [7, 11) is 0. The van der Waals surface area contributed by atoms with Gasteiger partial charge in [0.1, 0.15) is 0 Å². The molecule has 0 radical (unpaired) electrons. The SMILES string of the molecule is CC1CNCC1C(=O)N1CCCN(CC2CCCO2)CC1. The van der Waals surface area contributed by atoms with Crippen molar-refractivity contribution in [1.29, 1.82) is 0 Å². The van der Waals surface area contributed by atoms with Gasteiger partial charge in [-0.2, -0.15) is 0 Å². The summed E-state index contributed by atoms with van der Waals surface area (Å²) in [6.07, 6.45) is 3.92. The summed E-state index contributed by atoms with van der Waals surface area (Å²) in [5.74, 6) is 1.03. The number of ether oxygens (including phenoxy) is 1. The summed E-state index contributed by atoms with van der Waals surface area (Å²) >= 11 is 0. The van der Waals surface area contributed by atoms with E-state index in [0.29, 0.717) is 17.9 Å². The molecule has 0 aromatic rings. The van der Waals surface area contributed by atoms with E-state index >= 15 is 0 Å². The summed E-state index contributed by atoms with van der Waals surface area (Å²) < 4.78 is 5.74. The minimum absolute atomic E-state index is 0.190. The first-order chi connectivity index (χ1) is 10.2. The van der Waals surface area contributed by atoms with Crippen molar-refractivity contribution < 1.29 is 9.53 Å². The lowest BCUT2D eigenvalue weighted by atomic mass is 9.96. The number of hydrogen-bond acceptors (Lipinski definition) is 4. The molecule has 0 aliphatic carbocycles. The highest BCUT2D eigenvalue weighted by Gasteiger charge is 2.33. The van der Waals surface area contributed by atoms with Crippen LogP contribution in [0.5, 0.6) is 0 Å². The molecule has 120 valence electrons. The number of nitrogens with zero attached hydrogens (tertiary/aromatic N) is 2. The van der Waals surface area contributed by atoms with E-state index in [-0.39, 0.29) is 5.92 Å². The second-order valence-corrected chi connectivity index (χ2v) is 6.86. The fourth-order valence-corrected chi connectivity index (χ4v) is 3.83. The summed E-state index contributed by atoms with van der Waals surface area (Å²) in [6.45, 7) is 9.90. The van der Waals surface area contributed by atoms with Crippen LogP contribution in [0.3, 0.4) is 0 Å². The Morgan fingerprint density at radius 3 is 2.81 bits per heavy atom. The molecule has 3 unspecified atom stereocenters. The zero-order chi connectivity index (χ0) is 14.7. The predicted molar refractivity (Wildman–Crippen MR) is 82.1 cm³/mol. The molecule has 3 saturated heterocycles. The van der Waals surface area contributed by atoms with E-state index in [4.69, 9.17) is 4.74 Å². The quantitative estimate of drug-likeness (QED) is 0.826. The normalized spacial score (nSPS) is 35.1. The molecule has 3 atom stereocenters. The molecule has 0 spiro atoms. The van der Waals surface area contributed by atoms with Crippen LogP contribution in [-0.2, 0) is 9.53 Å². The van der Waals surface area contributed by atoms with E-state index in [2.05, 4.69) is 22.0 Å². The molecule has 5 nitrogen and oxygen atoms in total. The summed E-state index contributed by atoms with van der Waals surface area (Å²) in [4.78, 5) is 17.2. The van der Waals surface area contributed by atoms with Crippen LogP contribution < -0.4 is 5.32 Å². The molecule has 1 N–H and O–H groups in total. The molecule has 0 aromatic heterocycles. The largest absolute Gasteiger partial charge is 0.377 e. The van der Waals surface area contributed by atoms with Crippen molar-refractivity contribution in [3.8, 4) is 0 Å². The van der Waals surface area contributed by atoms with Crippen molar-refractivity contribution in [3.63, 3.8) is 0 Å². The lowest BCUT2D eigenvalue weighted by Crippen LogP contribution is -2.41. The number of nitrogens with one attached hydrogen (secondary N) is 1. The summed E-state index contributed by atoms with van der Waals surface area (Å²) in [5.41, 5.74) is 0. The first-order valence-electron chi connectivity index (χ1n) is 8.57. The Bertz CT molecular complexity index is 357. The van der Waals surface area contributed by atoms with Gasteiger partial charge in [-0.15, -0.1) is 0 Å². The predicted octanol–water partition coefficient (Wildman–Crippen LogP) is 0.555. The molecule has 0 aromatic carbocycles. The Morgan fingerprint density at radius 2 is 2.10 bits per heavy atom. The number of amides is 1. The fraction of sp³-hybridized carbons (Fsp3) is 0.938. The van der Waals surface area contributed by atoms with Gasteiger partial charge < -0.3 is 15.0 Å². The first kappa shape index (κ1) is 15.3. The van der Waals surface area contributed by atoms with Gasteiger partial charge in [0, 0.05) is 39.3 Å². The van der Waals surface area contributed by atoms with E-state index in [1.165, 1.54) is 12.8 Å². The highest BCUT2D eigenvalue weighted by Crippen LogP contribution is 2.20. The van der Waals surface area contributed by atoms with Crippen LogP contribution in [0.1, 0.15) is 26.2 Å². The molecular weight excluding hydrogens is 266 g/mol. The van der Waals surface area contributed by atoms with Gasteiger partial charge in [0.2, 0.25) is 5.91 Å². The van der Waals surface area contributed by atoms with E-state index in [1.807, 2.05) is 0 Å². The number of carbonyl (C=O) groups is 1. The Morgan fingerprint density at radius 1 is 1.19 bits per heavy atom. The van der Waals surface area contributed by atoms with Crippen molar-refractivity contribution in [1.82, 2.24) is 15.1 Å². The summed E-state index contributed by atoms with van der Waals surface area (Å²) in [5, 5.41) is 3.34. The number of rotatable bonds is 3. The third-order valence-corrected chi connectivity index (χ3v) is 5.22. The van der Waals surface area contributed by atoms with Gasteiger partial charge in [0.15, 0.2) is 0 Å². The van der Waals surface area contributed by atoms with Gasteiger partial charge in [-0.25, -0.2) is 0 Å². The Kier molecular flexibility index (Phi) is 5.14. The third kappa shape index (κ3) is 3.76. The summed E-state index contributed by atoms with van der Waals surface area (Å²) in [6, 6.07) is 0. The van der Waals surface area contributed by atoms with Gasteiger partial charge in [-0.3, -0.25) is 9.69 Å². The van der Waals surface area contributed by atoms with Crippen LogP contribution in [0.15, 0.2) is 0 Å². The van der Waals surface area contributed by atoms with E-state index in [1.54, 1.807) is 0 Å². The van der Waals surface area contributed by atoms with E-state index in [0.717, 1.165) is 58.8 Å². The van der Waals surface area contributed by atoms with Gasteiger partial charge in [0.25, 0.3) is 0 Å². The van der Waals surface area contributed by atoms with Crippen molar-refractivity contribution in [2.75, 3.05) is 52.4 Å². The maximum atomic E-state index is 12.7. The van der Waals surface area contributed by atoms with Crippen molar-refractivity contribution >= 4 is 5.91 Å². The molecule has 1 amide bonds. The average molecular weight is 295 g/mol. The first-order valence-corrected chi connectivity index (χ1v) is 8.57. The van der Waals surface area contributed by atoms with Crippen molar-refractivity contribution in [3.05, 3.63) is 0 Å². The zero-order valence-electron chi connectivity index (χ0n) is 13.2. The highest BCUT2D eigenvalue weighted by molar-refractivity contribution is 5.79. The zero-order valence-corrected chi connectivity index (χ0v) is 13.2. The smallest absolute Gasteiger partial charge is 0.227 e. The maximum absolute atomic E-state index is 12.7. The minimum Gasteiger partial charge on any atom is -0.377 e. The highest BCUT2D eigenvalue weighted by atomic mass is 16.5. The van der Waals surface area contributed by atoms with Crippen molar-refractivity contribution in [2.24, 2.45) is 11.8 Å². The van der Waals surface area contributed by atoms with E-state index < -0.39 is 0 Å². The van der Waals surface area contributed by atoms with Crippen LogP contribution in [0.25, 0.3) is 0 Å². The number of carbonyl (C=O) groups excluding carboxylic acids is 1. The molecule has 0 bridgehead atoms. The molecule has 0 saturated carbocycles. The topological polar surface area (TPSA) is 44.8 Å². The molecule has 3 aliphatic heterocycles. The Labute approximate surface area is 128 Å². The van der Waals surface area contributed by atoms with Crippen molar-refractivity contribution in [2.45, 2.75) is 32.3 Å². The molecule has 3 fully saturated rings. The molecule has 3 rings (SSSR count). The Balaban J connectivity index is 1.49. The third-order valence-electron chi connectivity index (χ3n) is 5.22. The standard InChI is InChI=1S/C16H29N3O2/c1-13-10-17-11-15(13)16(20)19-6-3-5-18(7-8-19)12-14-4-2-9-21-14/h13-15,17H,2-12H2,1H3. The fourth-order valence-electron chi connectivity index (χ4n) is 3.83. The lowest BCUT2D eigenvalue weighted by molar-refractivity contribution is -0.135. The monoisotopic (exact) mass is 295 g/mol. The second-order valence-electron chi connectivity index (χ2n) is 6.86.